The first kappa shape index (κ1) is 18.9. The summed E-state index contributed by atoms with van der Waals surface area (Å²) in [5.41, 5.74) is -0.0894. The van der Waals surface area contributed by atoms with Crippen molar-refractivity contribution in [2.24, 2.45) is 0 Å². The van der Waals surface area contributed by atoms with Gasteiger partial charge in [0.1, 0.15) is 0 Å². The second-order valence-corrected chi connectivity index (χ2v) is 7.17. The highest BCUT2D eigenvalue weighted by molar-refractivity contribution is 4.88. The normalized spacial score (nSPS) is 21.1. The molecule has 0 saturated carbocycles. The molecule has 1 aliphatic heterocycles. The van der Waals surface area contributed by atoms with Gasteiger partial charge in [0.05, 0.1) is 6.61 Å². The van der Waals surface area contributed by atoms with Gasteiger partial charge in [0.25, 0.3) is 0 Å². The molecule has 1 heterocycles. The van der Waals surface area contributed by atoms with Crippen molar-refractivity contribution in [3.05, 3.63) is 0 Å². The Hall–Kier alpha value is -0.160. The molecule has 1 aliphatic rings. The standard InChI is InChI=1S/C17H37N3O/c1-6-17(14-21,18-15(2)3)8-7-9-19-10-12-20(13-11-19)16(4)5/h15-16,18,21H,6-14H2,1-5H3. The molecule has 126 valence electrons. The third kappa shape index (κ3) is 6.23. The van der Waals surface area contributed by atoms with Crippen LogP contribution >= 0.6 is 0 Å². The number of hydrogen-bond donors (Lipinski definition) is 2. The average molecular weight is 300 g/mol. The molecule has 0 radical (unpaired) electrons. The monoisotopic (exact) mass is 299 g/mol. The molecule has 1 atom stereocenters. The summed E-state index contributed by atoms with van der Waals surface area (Å²) in [5.74, 6) is 0. The molecule has 1 fully saturated rings. The maximum Gasteiger partial charge on any atom is 0.0613 e. The Morgan fingerprint density at radius 3 is 2.14 bits per heavy atom. The van der Waals surface area contributed by atoms with Crippen molar-refractivity contribution in [1.29, 1.82) is 0 Å². The molecular formula is C17H37N3O. The van der Waals surface area contributed by atoms with Gasteiger partial charge in [-0.25, -0.2) is 0 Å². The largest absolute Gasteiger partial charge is 0.394 e. The minimum absolute atomic E-state index is 0.0894. The Balaban J connectivity index is 2.32. The lowest BCUT2D eigenvalue weighted by molar-refractivity contribution is 0.0970. The molecule has 0 aliphatic carbocycles. The van der Waals surface area contributed by atoms with E-state index >= 15 is 0 Å². The predicted octanol–water partition coefficient (Wildman–Crippen LogP) is 1.93. The highest BCUT2D eigenvalue weighted by Gasteiger charge is 2.27. The molecule has 1 saturated heterocycles. The van der Waals surface area contributed by atoms with Crippen molar-refractivity contribution in [2.75, 3.05) is 39.3 Å². The maximum atomic E-state index is 9.78. The topological polar surface area (TPSA) is 38.7 Å². The first-order valence-corrected chi connectivity index (χ1v) is 8.77. The highest BCUT2D eigenvalue weighted by Crippen LogP contribution is 2.19. The Kier molecular flexibility index (Phi) is 8.17. The summed E-state index contributed by atoms with van der Waals surface area (Å²) >= 11 is 0. The molecule has 0 aromatic carbocycles. The van der Waals surface area contributed by atoms with E-state index in [0.717, 1.165) is 25.8 Å². The van der Waals surface area contributed by atoms with Crippen molar-refractivity contribution >= 4 is 0 Å². The van der Waals surface area contributed by atoms with E-state index in [1.54, 1.807) is 0 Å². The van der Waals surface area contributed by atoms with Gasteiger partial charge in [0, 0.05) is 43.8 Å². The molecule has 0 amide bonds. The molecule has 1 unspecified atom stereocenters. The summed E-state index contributed by atoms with van der Waals surface area (Å²) < 4.78 is 0. The van der Waals surface area contributed by atoms with Crippen LogP contribution in [0.15, 0.2) is 0 Å². The van der Waals surface area contributed by atoms with Crippen LogP contribution in [-0.2, 0) is 0 Å². The Labute approximate surface area is 131 Å². The van der Waals surface area contributed by atoms with Gasteiger partial charge < -0.3 is 15.3 Å². The van der Waals surface area contributed by atoms with Crippen LogP contribution < -0.4 is 5.32 Å². The van der Waals surface area contributed by atoms with Crippen molar-refractivity contribution in [3.63, 3.8) is 0 Å². The molecular weight excluding hydrogens is 262 g/mol. The predicted molar refractivity (Wildman–Crippen MR) is 90.8 cm³/mol. The molecule has 0 aromatic heterocycles. The number of piperazine rings is 1. The van der Waals surface area contributed by atoms with E-state index in [1.807, 2.05) is 0 Å². The lowest BCUT2D eigenvalue weighted by atomic mass is 9.90. The van der Waals surface area contributed by atoms with Crippen LogP contribution in [0.3, 0.4) is 0 Å². The lowest BCUT2D eigenvalue weighted by Gasteiger charge is -2.38. The second-order valence-electron chi connectivity index (χ2n) is 7.17. The number of nitrogens with one attached hydrogen (secondary N) is 1. The van der Waals surface area contributed by atoms with Gasteiger partial charge in [-0.3, -0.25) is 4.90 Å². The molecule has 2 N–H and O–H groups in total. The van der Waals surface area contributed by atoms with Crippen LogP contribution in [0.2, 0.25) is 0 Å². The summed E-state index contributed by atoms with van der Waals surface area (Å²) in [4.78, 5) is 5.13. The molecule has 0 spiro atoms. The van der Waals surface area contributed by atoms with Crippen molar-refractivity contribution in [2.45, 2.75) is 71.5 Å². The Morgan fingerprint density at radius 1 is 1.10 bits per heavy atom. The van der Waals surface area contributed by atoms with Gasteiger partial charge in [-0.05, 0) is 39.7 Å². The van der Waals surface area contributed by atoms with Crippen molar-refractivity contribution < 1.29 is 5.11 Å². The van der Waals surface area contributed by atoms with E-state index in [0.29, 0.717) is 12.1 Å². The van der Waals surface area contributed by atoms with E-state index in [1.165, 1.54) is 26.2 Å². The van der Waals surface area contributed by atoms with Crippen LogP contribution in [0.5, 0.6) is 0 Å². The van der Waals surface area contributed by atoms with E-state index < -0.39 is 0 Å². The SMILES string of the molecule is CCC(CO)(CCCN1CCN(C(C)C)CC1)NC(C)C. The minimum Gasteiger partial charge on any atom is -0.394 e. The average Bonchev–Trinajstić information content (AvgIpc) is 2.46. The molecule has 0 bridgehead atoms. The van der Waals surface area contributed by atoms with Gasteiger partial charge in [-0.2, -0.15) is 0 Å². The van der Waals surface area contributed by atoms with Gasteiger partial charge in [0.15, 0.2) is 0 Å². The van der Waals surface area contributed by atoms with Crippen LogP contribution in [0.25, 0.3) is 0 Å². The number of rotatable bonds is 9. The minimum atomic E-state index is -0.0894. The molecule has 1 rings (SSSR count). The second kappa shape index (κ2) is 9.09. The van der Waals surface area contributed by atoms with E-state index in [4.69, 9.17) is 0 Å². The van der Waals surface area contributed by atoms with E-state index in [-0.39, 0.29) is 12.1 Å². The zero-order valence-corrected chi connectivity index (χ0v) is 14.9. The first-order chi connectivity index (χ1) is 9.92. The summed E-state index contributed by atoms with van der Waals surface area (Å²) in [6, 6.07) is 1.09. The fourth-order valence-electron chi connectivity index (χ4n) is 3.34. The van der Waals surface area contributed by atoms with Crippen LogP contribution in [0.1, 0.15) is 53.9 Å². The summed E-state index contributed by atoms with van der Waals surface area (Å²) in [7, 11) is 0. The van der Waals surface area contributed by atoms with Gasteiger partial charge in [-0.1, -0.05) is 20.8 Å². The Bertz CT molecular complexity index is 269. The van der Waals surface area contributed by atoms with Gasteiger partial charge >= 0.3 is 0 Å². The fourth-order valence-corrected chi connectivity index (χ4v) is 3.34. The zero-order chi connectivity index (χ0) is 15.9. The highest BCUT2D eigenvalue weighted by atomic mass is 16.3. The molecule has 4 heteroatoms. The first-order valence-electron chi connectivity index (χ1n) is 8.77. The third-order valence-corrected chi connectivity index (χ3v) is 4.84. The maximum absolute atomic E-state index is 9.78. The van der Waals surface area contributed by atoms with Crippen LogP contribution in [-0.4, -0.2) is 71.9 Å². The summed E-state index contributed by atoms with van der Waals surface area (Å²) in [6.45, 7) is 17.2. The molecule has 21 heavy (non-hydrogen) atoms. The fraction of sp³-hybridized carbons (Fsp3) is 1.00. The van der Waals surface area contributed by atoms with Crippen LogP contribution in [0, 0.1) is 0 Å². The Morgan fingerprint density at radius 2 is 1.71 bits per heavy atom. The van der Waals surface area contributed by atoms with Crippen LogP contribution in [0.4, 0.5) is 0 Å². The van der Waals surface area contributed by atoms with E-state index in [2.05, 4.69) is 49.7 Å². The number of hydrogen-bond acceptors (Lipinski definition) is 4. The van der Waals surface area contributed by atoms with Gasteiger partial charge in [-0.15, -0.1) is 0 Å². The smallest absolute Gasteiger partial charge is 0.0613 e. The van der Waals surface area contributed by atoms with Gasteiger partial charge in [0.2, 0.25) is 0 Å². The summed E-state index contributed by atoms with van der Waals surface area (Å²) in [6.07, 6.45) is 3.21. The molecule has 4 nitrogen and oxygen atoms in total. The number of aliphatic hydroxyl groups is 1. The summed E-state index contributed by atoms with van der Waals surface area (Å²) in [5, 5.41) is 13.4. The van der Waals surface area contributed by atoms with Crippen molar-refractivity contribution in [1.82, 2.24) is 15.1 Å². The number of nitrogens with zero attached hydrogens (tertiary/aromatic N) is 2. The zero-order valence-electron chi connectivity index (χ0n) is 14.9. The number of aliphatic hydroxyl groups excluding tert-OH is 1. The van der Waals surface area contributed by atoms with Crippen molar-refractivity contribution in [3.8, 4) is 0 Å². The van der Waals surface area contributed by atoms with E-state index in [9.17, 15) is 5.11 Å². The lowest BCUT2D eigenvalue weighted by Crippen LogP contribution is -2.52. The quantitative estimate of drug-likeness (QED) is 0.682. The third-order valence-electron chi connectivity index (χ3n) is 4.84. The molecule has 0 aromatic rings.